The van der Waals surface area contributed by atoms with Crippen molar-refractivity contribution in [3.8, 4) is 34.1 Å². The summed E-state index contributed by atoms with van der Waals surface area (Å²) in [6, 6.07) is 12.0. The van der Waals surface area contributed by atoms with Crippen LogP contribution in [0.2, 0.25) is 0 Å². The maximum Gasteiger partial charge on any atom is 0.407 e. The van der Waals surface area contributed by atoms with Crippen molar-refractivity contribution >= 4 is 29.6 Å². The van der Waals surface area contributed by atoms with Crippen molar-refractivity contribution in [2.24, 2.45) is 5.92 Å². The van der Waals surface area contributed by atoms with Crippen molar-refractivity contribution in [1.82, 2.24) is 54.3 Å². The second-order valence-corrected chi connectivity index (χ2v) is 15.4. The zero-order valence-electron chi connectivity index (χ0n) is 33.4. The summed E-state index contributed by atoms with van der Waals surface area (Å²) in [6.45, 7) is 4.02. The van der Waals surface area contributed by atoms with Gasteiger partial charge in [-0.05, 0) is 49.3 Å². The van der Waals surface area contributed by atoms with Gasteiger partial charge in [0.05, 0.1) is 60.6 Å². The maximum absolute atomic E-state index is 14.0. The van der Waals surface area contributed by atoms with Crippen LogP contribution >= 0.6 is 0 Å². The van der Waals surface area contributed by atoms with E-state index < -0.39 is 30.7 Å². The fourth-order valence-electron chi connectivity index (χ4n) is 8.26. The van der Waals surface area contributed by atoms with Crippen LogP contribution in [0, 0.1) is 5.92 Å². The Labute approximate surface area is 344 Å². The molecule has 6 N–H and O–H groups in total. The van der Waals surface area contributed by atoms with E-state index in [0.29, 0.717) is 71.6 Å². The van der Waals surface area contributed by atoms with Gasteiger partial charge in [0.25, 0.3) is 5.91 Å². The largest absolute Gasteiger partial charge is 0.506 e. The van der Waals surface area contributed by atoms with Crippen LogP contribution < -0.4 is 10.6 Å². The molecule has 4 amide bonds. The van der Waals surface area contributed by atoms with Crippen molar-refractivity contribution < 1.29 is 34.1 Å². The standard InChI is InChI=1S/C42H47N11O7/c1-24(2)35(48-34(56)23-54)39(57)50-15-7-11-30(50)37-43-20-27(46-37)26-13-14-29(33(55)19-26)52-17-18-53-32(22-45-41(52)53)28-21-44-38(47-28)31-12-8-16-51(31)40(58)36(49-42(59)60-3)25-9-5-4-6-10-25/h4-6,9-10,13-14,17-22,24,30-31,35-36,54-55H,7-8,11-12,15-16,23H2,1-3H3,(H,43,46)(H,44,47)(H,48,56)(H,49,59)/t30?,31?,35-,36+/m0/s1. The molecular weight excluding hydrogens is 771 g/mol. The SMILES string of the molecule is COC(=O)N[C@@H](C(=O)N1CCCC1c1ncc(-c2cnc3n(-c4ccc(-c5cnc(C6CCCN6C(=O)[C@@H](NC(=O)CO)C(C)C)[nH]5)cc4O)ccn23)[nH]1)c1ccccc1. The Morgan fingerprint density at radius 3 is 2.17 bits per heavy atom. The molecule has 0 bridgehead atoms. The molecule has 0 aliphatic carbocycles. The third-order valence-corrected chi connectivity index (χ3v) is 11.3. The molecule has 2 aliphatic rings. The highest BCUT2D eigenvalue weighted by Gasteiger charge is 2.39. The van der Waals surface area contributed by atoms with E-state index in [-0.39, 0.29) is 35.6 Å². The lowest BCUT2D eigenvalue weighted by Gasteiger charge is -2.30. The summed E-state index contributed by atoms with van der Waals surface area (Å²) in [4.78, 5) is 75.9. The number of nitrogens with one attached hydrogen (secondary N) is 4. The lowest BCUT2D eigenvalue weighted by atomic mass is 10.0. The van der Waals surface area contributed by atoms with E-state index in [1.807, 2.05) is 48.7 Å². The number of hydrogen-bond donors (Lipinski definition) is 6. The normalized spacial score (nSPS) is 17.6. The van der Waals surface area contributed by atoms with E-state index in [0.717, 1.165) is 18.5 Å². The van der Waals surface area contributed by atoms with Crippen molar-refractivity contribution in [3.63, 3.8) is 0 Å². The quantitative estimate of drug-likeness (QED) is 0.103. The highest BCUT2D eigenvalue weighted by atomic mass is 16.5. The summed E-state index contributed by atoms with van der Waals surface area (Å²) in [6.07, 6.45) is 11.0. The first-order valence-electron chi connectivity index (χ1n) is 19.9. The molecule has 2 fully saturated rings. The number of imidazole rings is 4. The number of benzene rings is 2. The van der Waals surface area contributed by atoms with Crippen molar-refractivity contribution in [3.05, 3.63) is 96.7 Å². The number of alkyl carbamates (subject to hydrolysis) is 1. The molecule has 8 rings (SSSR count). The summed E-state index contributed by atoms with van der Waals surface area (Å²) in [7, 11) is 1.26. The molecule has 6 heterocycles. The molecule has 4 aromatic heterocycles. The second kappa shape index (κ2) is 16.7. The van der Waals surface area contributed by atoms with Crippen LogP contribution in [0.4, 0.5) is 4.79 Å². The number of aromatic hydroxyl groups is 1. The summed E-state index contributed by atoms with van der Waals surface area (Å²) in [5, 5.41) is 25.9. The molecule has 2 saturated heterocycles. The average Bonchev–Trinajstić information content (AvgIpc) is 4.11. The van der Waals surface area contributed by atoms with Crippen molar-refractivity contribution in [1.29, 1.82) is 0 Å². The maximum atomic E-state index is 14.0. The van der Waals surface area contributed by atoms with Gasteiger partial charge >= 0.3 is 6.09 Å². The molecule has 4 atom stereocenters. The van der Waals surface area contributed by atoms with Gasteiger partial charge in [-0.25, -0.2) is 19.7 Å². The summed E-state index contributed by atoms with van der Waals surface area (Å²) >= 11 is 0. The number of H-pyrrole nitrogens is 2. The minimum absolute atomic E-state index is 0.00804. The number of aliphatic hydroxyl groups is 1. The first-order valence-corrected chi connectivity index (χ1v) is 19.9. The number of methoxy groups -OCH3 is 1. The molecule has 2 unspecified atom stereocenters. The van der Waals surface area contributed by atoms with Gasteiger partial charge in [-0.1, -0.05) is 50.2 Å². The van der Waals surface area contributed by atoms with E-state index in [1.54, 1.807) is 63.4 Å². The molecular formula is C42H47N11O7. The number of ether oxygens (including phenoxy) is 1. The Morgan fingerprint density at radius 2 is 1.52 bits per heavy atom. The Balaban J connectivity index is 0.987. The predicted molar refractivity (Wildman–Crippen MR) is 217 cm³/mol. The van der Waals surface area contributed by atoms with Gasteiger partial charge in [-0.2, -0.15) is 0 Å². The average molecular weight is 818 g/mol. The number of fused-ring (bicyclic) bond motifs is 1. The number of aromatic nitrogens is 7. The van der Waals surface area contributed by atoms with E-state index in [2.05, 4.69) is 35.6 Å². The highest BCUT2D eigenvalue weighted by molar-refractivity contribution is 5.89. The van der Waals surface area contributed by atoms with E-state index in [4.69, 9.17) is 4.74 Å². The number of carbonyl (C=O) groups excluding carboxylic acids is 4. The van der Waals surface area contributed by atoms with Crippen LogP contribution in [0.3, 0.4) is 0 Å². The number of carbonyl (C=O) groups is 4. The number of hydrogen-bond acceptors (Lipinski definition) is 10. The van der Waals surface area contributed by atoms with Gasteiger partial charge in [0.1, 0.15) is 36.1 Å². The topological polar surface area (TPSA) is 228 Å². The predicted octanol–water partition coefficient (Wildman–Crippen LogP) is 4.17. The van der Waals surface area contributed by atoms with Crippen molar-refractivity contribution in [2.75, 3.05) is 26.8 Å². The van der Waals surface area contributed by atoms with Crippen LogP contribution in [0.5, 0.6) is 5.75 Å². The molecule has 60 heavy (non-hydrogen) atoms. The fraction of sp³-hybridized carbons (Fsp3) is 0.357. The van der Waals surface area contributed by atoms with Gasteiger partial charge < -0.3 is 45.4 Å². The Kier molecular flexibility index (Phi) is 11.1. The summed E-state index contributed by atoms with van der Waals surface area (Å²) < 4.78 is 8.47. The molecule has 18 nitrogen and oxygen atoms in total. The molecule has 2 aliphatic heterocycles. The van der Waals surface area contributed by atoms with Crippen LogP contribution in [-0.4, -0.2) is 111 Å². The minimum Gasteiger partial charge on any atom is -0.506 e. The summed E-state index contributed by atoms with van der Waals surface area (Å²) in [5.41, 5.74) is 3.91. The van der Waals surface area contributed by atoms with Crippen LogP contribution in [-0.2, 0) is 19.1 Å². The number of phenolic OH excluding ortho intramolecular Hbond substituents is 1. The lowest BCUT2D eigenvalue weighted by molar-refractivity contribution is -0.139. The Hall–Kier alpha value is -6.95. The molecule has 0 saturated carbocycles. The first-order chi connectivity index (χ1) is 29.1. The van der Waals surface area contributed by atoms with Gasteiger partial charge in [-0.15, -0.1) is 0 Å². The summed E-state index contributed by atoms with van der Waals surface area (Å²) in [5.74, 6) is 0.512. The smallest absolute Gasteiger partial charge is 0.407 e. The van der Waals surface area contributed by atoms with Gasteiger partial charge in [-0.3, -0.25) is 23.4 Å². The highest BCUT2D eigenvalue weighted by Crippen LogP contribution is 2.36. The molecule has 18 heteroatoms. The number of likely N-dealkylation sites (tertiary alicyclic amines) is 2. The number of nitrogens with zero attached hydrogens (tertiary/aromatic N) is 7. The van der Waals surface area contributed by atoms with Gasteiger partial charge in [0.2, 0.25) is 17.6 Å². The van der Waals surface area contributed by atoms with Gasteiger partial charge in [0, 0.05) is 31.0 Å². The molecule has 312 valence electrons. The minimum atomic E-state index is -0.926. The number of aliphatic hydroxyl groups excluding tert-OH is 1. The lowest BCUT2D eigenvalue weighted by Crippen LogP contribution is -2.51. The van der Waals surface area contributed by atoms with E-state index >= 15 is 0 Å². The van der Waals surface area contributed by atoms with Crippen LogP contribution in [0.1, 0.15) is 74.9 Å². The van der Waals surface area contributed by atoms with E-state index in [1.165, 1.54) is 7.11 Å². The molecule has 2 aromatic carbocycles. The van der Waals surface area contributed by atoms with Crippen LogP contribution in [0.15, 0.2) is 79.5 Å². The molecule has 6 aromatic rings. The Morgan fingerprint density at radius 1 is 0.850 bits per heavy atom. The van der Waals surface area contributed by atoms with E-state index in [9.17, 15) is 29.4 Å². The molecule has 0 spiro atoms. The second-order valence-electron chi connectivity index (χ2n) is 15.4. The van der Waals surface area contributed by atoms with Crippen molar-refractivity contribution in [2.45, 2.75) is 63.7 Å². The fourth-order valence-corrected chi connectivity index (χ4v) is 8.26. The number of rotatable bonds is 12. The first kappa shape index (κ1) is 39.9. The monoisotopic (exact) mass is 817 g/mol. The number of amides is 4. The zero-order valence-corrected chi connectivity index (χ0v) is 33.4. The number of phenols is 1. The zero-order chi connectivity index (χ0) is 42.1. The third kappa shape index (κ3) is 7.56. The third-order valence-electron chi connectivity index (χ3n) is 11.3. The van der Waals surface area contributed by atoms with Crippen LogP contribution in [0.25, 0.3) is 34.1 Å². The van der Waals surface area contributed by atoms with Gasteiger partial charge in [0.15, 0.2) is 0 Å². The Bertz CT molecular complexity index is 2520. The molecule has 0 radical (unpaired) electrons. The number of aromatic amines is 2.